The molecule has 84 valence electrons. The summed E-state index contributed by atoms with van der Waals surface area (Å²) in [5.74, 6) is 1.35. The fourth-order valence-corrected chi connectivity index (χ4v) is 1.85. The van der Waals surface area contributed by atoms with Crippen LogP contribution < -0.4 is 5.32 Å². The molecule has 16 heavy (non-hydrogen) atoms. The molecule has 2 rings (SSSR count). The van der Waals surface area contributed by atoms with Crippen molar-refractivity contribution in [2.24, 2.45) is 0 Å². The average Bonchev–Trinajstić information content (AvgIpc) is 2.74. The minimum atomic E-state index is -0.110. The Hall–Kier alpha value is -1.62. The summed E-state index contributed by atoms with van der Waals surface area (Å²) in [6.07, 6.45) is 1.66. The third-order valence-corrected chi connectivity index (χ3v) is 2.65. The van der Waals surface area contributed by atoms with Crippen LogP contribution in [-0.2, 0) is 4.79 Å². The molecule has 1 aromatic heterocycles. The van der Waals surface area contributed by atoms with Crippen molar-refractivity contribution in [3.8, 4) is 0 Å². The molecule has 2 heterocycles. The van der Waals surface area contributed by atoms with E-state index in [0.717, 1.165) is 5.76 Å². The van der Waals surface area contributed by atoms with E-state index < -0.39 is 0 Å². The summed E-state index contributed by atoms with van der Waals surface area (Å²) in [5.41, 5.74) is 0.459. The van der Waals surface area contributed by atoms with E-state index in [1.165, 1.54) is 4.90 Å². The molecule has 1 aliphatic rings. The van der Waals surface area contributed by atoms with Crippen molar-refractivity contribution in [1.82, 2.24) is 10.2 Å². The molecule has 0 radical (unpaired) electrons. The fourth-order valence-electron chi connectivity index (χ4n) is 1.53. The minimum Gasteiger partial charge on any atom is -0.462 e. The Morgan fingerprint density at radius 2 is 2.31 bits per heavy atom. The monoisotopic (exact) mass is 236 g/mol. The number of amides is 1. The Labute approximate surface area is 98.9 Å². The summed E-state index contributed by atoms with van der Waals surface area (Å²) in [6, 6.07) is 3.66. The van der Waals surface area contributed by atoms with Gasteiger partial charge in [0.15, 0.2) is 5.11 Å². The second kappa shape index (κ2) is 4.09. The molecule has 0 saturated carbocycles. The molecule has 5 heteroatoms. The van der Waals surface area contributed by atoms with E-state index in [4.69, 9.17) is 16.6 Å². The lowest BCUT2D eigenvalue weighted by atomic mass is 10.3. The lowest BCUT2D eigenvalue weighted by Gasteiger charge is -2.08. The maximum atomic E-state index is 11.8. The molecular weight excluding hydrogens is 224 g/mol. The predicted molar refractivity (Wildman–Crippen MR) is 64.5 cm³/mol. The second-order valence-corrected chi connectivity index (χ2v) is 3.87. The van der Waals surface area contributed by atoms with Crippen molar-refractivity contribution >= 4 is 29.3 Å². The normalized spacial score (nSPS) is 18.4. The van der Waals surface area contributed by atoms with Crippen molar-refractivity contribution in [3.63, 3.8) is 0 Å². The summed E-state index contributed by atoms with van der Waals surface area (Å²) in [7, 11) is 0. The zero-order valence-corrected chi connectivity index (χ0v) is 9.93. The predicted octanol–water partition coefficient (Wildman–Crippen LogP) is 1.67. The van der Waals surface area contributed by atoms with E-state index in [-0.39, 0.29) is 5.91 Å². The quantitative estimate of drug-likeness (QED) is 0.626. The fraction of sp³-hybridized carbons (Fsp3) is 0.273. The molecule has 1 N–H and O–H groups in total. The highest BCUT2D eigenvalue weighted by Gasteiger charge is 2.29. The van der Waals surface area contributed by atoms with Crippen LogP contribution in [0.4, 0.5) is 0 Å². The standard InChI is InChI=1S/C11H12N2O2S/c1-3-13-10(14)9(12-11(13)16)6-8-5-4-7(2)15-8/h4-6H,3H2,1-2H3,(H,12,16). The number of carbonyl (C=O) groups excluding carboxylic acids is 1. The molecule has 0 aliphatic carbocycles. The number of carbonyl (C=O) groups is 1. The molecule has 0 atom stereocenters. The van der Waals surface area contributed by atoms with Crippen molar-refractivity contribution in [2.45, 2.75) is 13.8 Å². The summed E-state index contributed by atoms with van der Waals surface area (Å²) >= 11 is 5.04. The molecule has 0 aromatic carbocycles. The van der Waals surface area contributed by atoms with E-state index in [0.29, 0.717) is 23.1 Å². The highest BCUT2D eigenvalue weighted by molar-refractivity contribution is 7.80. The van der Waals surface area contributed by atoms with Crippen LogP contribution >= 0.6 is 12.2 Å². The maximum absolute atomic E-state index is 11.8. The van der Waals surface area contributed by atoms with E-state index in [1.54, 1.807) is 6.08 Å². The molecule has 0 bridgehead atoms. The van der Waals surface area contributed by atoms with Crippen LogP contribution in [0.1, 0.15) is 18.4 Å². The van der Waals surface area contributed by atoms with Gasteiger partial charge in [0.05, 0.1) is 0 Å². The number of nitrogens with zero attached hydrogens (tertiary/aromatic N) is 1. The number of rotatable bonds is 2. The Morgan fingerprint density at radius 1 is 1.56 bits per heavy atom. The third kappa shape index (κ3) is 1.86. The first-order chi connectivity index (χ1) is 7.61. The summed E-state index contributed by atoms with van der Waals surface area (Å²) in [4.78, 5) is 13.3. The molecule has 0 spiro atoms. The molecule has 1 aliphatic heterocycles. The van der Waals surface area contributed by atoms with Gasteiger partial charge in [-0.3, -0.25) is 9.69 Å². The van der Waals surface area contributed by atoms with Gasteiger partial charge in [0, 0.05) is 12.6 Å². The molecule has 0 unspecified atom stereocenters. The number of likely N-dealkylation sites (N-methyl/N-ethyl adjacent to an activating group) is 1. The van der Waals surface area contributed by atoms with Crippen molar-refractivity contribution < 1.29 is 9.21 Å². The number of hydrogen-bond acceptors (Lipinski definition) is 3. The number of hydrogen-bond donors (Lipinski definition) is 1. The van der Waals surface area contributed by atoms with Gasteiger partial charge in [-0.05, 0) is 38.2 Å². The van der Waals surface area contributed by atoms with Crippen LogP contribution in [0, 0.1) is 6.92 Å². The van der Waals surface area contributed by atoms with Gasteiger partial charge < -0.3 is 9.73 Å². The van der Waals surface area contributed by atoms with Crippen LogP contribution in [0.2, 0.25) is 0 Å². The van der Waals surface area contributed by atoms with Gasteiger partial charge in [0.2, 0.25) is 0 Å². The van der Waals surface area contributed by atoms with Crippen molar-refractivity contribution in [1.29, 1.82) is 0 Å². The van der Waals surface area contributed by atoms with E-state index in [1.807, 2.05) is 26.0 Å². The van der Waals surface area contributed by atoms with Gasteiger partial charge in [-0.25, -0.2) is 0 Å². The van der Waals surface area contributed by atoms with Crippen LogP contribution in [-0.4, -0.2) is 22.5 Å². The molecular formula is C11H12N2O2S. The SMILES string of the molecule is CCN1C(=O)C(=Cc2ccc(C)o2)NC1=S. The highest BCUT2D eigenvalue weighted by atomic mass is 32.1. The summed E-state index contributed by atoms with van der Waals surface area (Å²) in [6.45, 7) is 4.31. The number of thiocarbonyl (C=S) groups is 1. The zero-order chi connectivity index (χ0) is 11.7. The zero-order valence-electron chi connectivity index (χ0n) is 9.11. The van der Waals surface area contributed by atoms with Crippen LogP contribution in [0.3, 0.4) is 0 Å². The molecule has 1 amide bonds. The average molecular weight is 236 g/mol. The van der Waals surface area contributed by atoms with Gasteiger partial charge in [-0.2, -0.15) is 0 Å². The van der Waals surface area contributed by atoms with Crippen LogP contribution in [0.15, 0.2) is 22.2 Å². The maximum Gasteiger partial charge on any atom is 0.276 e. The summed E-state index contributed by atoms with van der Waals surface area (Å²) in [5, 5.41) is 3.32. The molecule has 1 saturated heterocycles. The Balaban J connectivity index is 2.27. The topological polar surface area (TPSA) is 45.5 Å². The van der Waals surface area contributed by atoms with Gasteiger partial charge >= 0.3 is 0 Å². The van der Waals surface area contributed by atoms with Crippen molar-refractivity contribution in [3.05, 3.63) is 29.4 Å². The first kappa shape index (κ1) is 10.9. The highest BCUT2D eigenvalue weighted by Crippen LogP contribution is 2.15. The van der Waals surface area contributed by atoms with Crippen molar-refractivity contribution in [2.75, 3.05) is 6.54 Å². The van der Waals surface area contributed by atoms with Crippen LogP contribution in [0.25, 0.3) is 6.08 Å². The van der Waals surface area contributed by atoms with Gasteiger partial charge in [0.25, 0.3) is 5.91 Å². The van der Waals surface area contributed by atoms with Gasteiger partial charge in [-0.15, -0.1) is 0 Å². The second-order valence-electron chi connectivity index (χ2n) is 3.49. The summed E-state index contributed by atoms with van der Waals surface area (Å²) < 4.78 is 5.37. The Bertz CT molecular complexity index is 476. The lowest BCUT2D eigenvalue weighted by Crippen LogP contribution is -2.30. The largest absolute Gasteiger partial charge is 0.462 e. The van der Waals surface area contributed by atoms with Crippen LogP contribution in [0.5, 0.6) is 0 Å². The Morgan fingerprint density at radius 3 is 2.81 bits per heavy atom. The van der Waals surface area contributed by atoms with Gasteiger partial charge in [-0.1, -0.05) is 0 Å². The molecule has 1 fully saturated rings. The third-order valence-electron chi connectivity index (χ3n) is 2.33. The molecule has 4 nitrogen and oxygen atoms in total. The van der Waals surface area contributed by atoms with E-state index in [9.17, 15) is 4.79 Å². The first-order valence-electron chi connectivity index (χ1n) is 5.03. The van der Waals surface area contributed by atoms with E-state index in [2.05, 4.69) is 5.32 Å². The number of nitrogens with one attached hydrogen (secondary N) is 1. The molecule has 1 aromatic rings. The first-order valence-corrected chi connectivity index (χ1v) is 5.43. The smallest absolute Gasteiger partial charge is 0.276 e. The number of aryl methyl sites for hydroxylation is 1. The minimum absolute atomic E-state index is 0.110. The van der Waals surface area contributed by atoms with E-state index >= 15 is 0 Å². The number of furan rings is 1. The van der Waals surface area contributed by atoms with Gasteiger partial charge in [0.1, 0.15) is 17.2 Å². The Kier molecular flexibility index (Phi) is 2.78. The lowest BCUT2D eigenvalue weighted by molar-refractivity contribution is -0.122.